The quantitative estimate of drug-likeness (QED) is 0.764. The van der Waals surface area contributed by atoms with Gasteiger partial charge in [-0.25, -0.2) is 0 Å². The van der Waals surface area contributed by atoms with E-state index < -0.39 is 0 Å². The van der Waals surface area contributed by atoms with Gasteiger partial charge < -0.3 is 10.1 Å². The van der Waals surface area contributed by atoms with Crippen molar-refractivity contribution < 1.29 is 4.74 Å². The fourth-order valence-electron chi connectivity index (χ4n) is 2.43. The van der Waals surface area contributed by atoms with Crippen molar-refractivity contribution in [3.05, 3.63) is 29.8 Å². The maximum absolute atomic E-state index is 5.71. The third-order valence-electron chi connectivity index (χ3n) is 3.34. The largest absolute Gasteiger partial charge is 0.381 e. The lowest BCUT2D eigenvalue weighted by molar-refractivity contribution is 0.0546. The molecule has 84 valence electrons. The van der Waals surface area contributed by atoms with Crippen molar-refractivity contribution in [3.8, 4) is 0 Å². The zero-order valence-corrected chi connectivity index (χ0v) is 9.78. The fraction of sp³-hybridized carbons (Fsp3) is 0.538. The van der Waals surface area contributed by atoms with Crippen LogP contribution in [0.3, 0.4) is 0 Å². The van der Waals surface area contributed by atoms with Gasteiger partial charge in [-0.3, -0.25) is 0 Å². The molecule has 1 unspecified atom stereocenters. The third-order valence-corrected chi connectivity index (χ3v) is 3.34. The lowest BCUT2D eigenvalue weighted by Gasteiger charge is -2.30. The molecule has 2 radical (unpaired) electrons. The maximum Gasteiger partial charge on any atom is 0.113 e. The van der Waals surface area contributed by atoms with Crippen molar-refractivity contribution in [2.24, 2.45) is 5.92 Å². The highest BCUT2D eigenvalue weighted by Crippen LogP contribution is 2.29. The highest BCUT2D eigenvalue weighted by Gasteiger charge is 2.23. The monoisotopic (exact) mass is 215 g/mol. The van der Waals surface area contributed by atoms with Gasteiger partial charge in [0.1, 0.15) is 7.85 Å². The number of benzene rings is 1. The van der Waals surface area contributed by atoms with E-state index in [1.807, 2.05) is 19.2 Å². The molecule has 0 amide bonds. The van der Waals surface area contributed by atoms with Crippen LogP contribution in [0.5, 0.6) is 0 Å². The van der Waals surface area contributed by atoms with Crippen LogP contribution in [0, 0.1) is 5.92 Å². The normalized spacial score (nSPS) is 19.6. The van der Waals surface area contributed by atoms with E-state index >= 15 is 0 Å². The van der Waals surface area contributed by atoms with E-state index in [9.17, 15) is 0 Å². The van der Waals surface area contributed by atoms with Crippen LogP contribution in [0.25, 0.3) is 0 Å². The van der Waals surface area contributed by atoms with Gasteiger partial charge in [0.05, 0.1) is 0 Å². The zero-order valence-electron chi connectivity index (χ0n) is 9.78. The van der Waals surface area contributed by atoms with Gasteiger partial charge in [0, 0.05) is 19.3 Å². The van der Waals surface area contributed by atoms with Crippen molar-refractivity contribution in [3.63, 3.8) is 0 Å². The Hall–Kier alpha value is -0.795. The SMILES string of the molecule is [B]c1ccc(C(NC)C2CCOCC2)cc1. The number of hydrogen-bond acceptors (Lipinski definition) is 2. The second kappa shape index (κ2) is 5.51. The minimum atomic E-state index is 0.421. The Labute approximate surface area is 98.8 Å². The summed E-state index contributed by atoms with van der Waals surface area (Å²) in [6.45, 7) is 1.77. The molecule has 1 atom stereocenters. The van der Waals surface area contributed by atoms with E-state index in [-0.39, 0.29) is 0 Å². The van der Waals surface area contributed by atoms with Gasteiger partial charge in [-0.2, -0.15) is 0 Å². The Morgan fingerprint density at radius 1 is 1.25 bits per heavy atom. The minimum Gasteiger partial charge on any atom is -0.381 e. The second-order valence-corrected chi connectivity index (χ2v) is 4.38. The van der Waals surface area contributed by atoms with E-state index in [2.05, 4.69) is 17.4 Å². The van der Waals surface area contributed by atoms with E-state index in [0.29, 0.717) is 12.0 Å². The molecule has 1 aromatic carbocycles. The molecule has 1 N–H and O–H groups in total. The number of nitrogens with one attached hydrogen (secondary N) is 1. The summed E-state index contributed by atoms with van der Waals surface area (Å²) in [5.74, 6) is 0.669. The molecule has 1 saturated heterocycles. The van der Waals surface area contributed by atoms with Gasteiger partial charge in [-0.05, 0) is 31.4 Å². The summed E-state index contributed by atoms with van der Waals surface area (Å²) in [5, 5.41) is 3.41. The average Bonchev–Trinajstić information content (AvgIpc) is 2.34. The first kappa shape index (κ1) is 11.7. The van der Waals surface area contributed by atoms with Crippen LogP contribution >= 0.6 is 0 Å². The highest BCUT2D eigenvalue weighted by atomic mass is 16.5. The van der Waals surface area contributed by atoms with Crippen LogP contribution in [-0.4, -0.2) is 28.1 Å². The Kier molecular flexibility index (Phi) is 4.02. The summed E-state index contributed by atoms with van der Waals surface area (Å²) in [6.07, 6.45) is 2.27. The van der Waals surface area contributed by atoms with Crippen molar-refractivity contribution >= 4 is 13.3 Å². The Bertz CT molecular complexity index is 319. The molecule has 2 nitrogen and oxygen atoms in total. The predicted octanol–water partition coefficient (Wildman–Crippen LogP) is 1.17. The molecule has 1 aliphatic rings. The molecule has 2 rings (SSSR count). The summed E-state index contributed by atoms with van der Waals surface area (Å²) in [7, 11) is 7.73. The highest BCUT2D eigenvalue weighted by molar-refractivity contribution is 6.32. The van der Waals surface area contributed by atoms with Crippen LogP contribution in [0.4, 0.5) is 0 Å². The third kappa shape index (κ3) is 2.66. The summed E-state index contributed by atoms with van der Waals surface area (Å²) < 4.78 is 5.40. The number of ether oxygens (including phenoxy) is 1. The van der Waals surface area contributed by atoms with Gasteiger partial charge in [0.2, 0.25) is 0 Å². The lowest BCUT2D eigenvalue weighted by Crippen LogP contribution is -2.30. The Morgan fingerprint density at radius 3 is 2.44 bits per heavy atom. The molecule has 0 spiro atoms. The zero-order chi connectivity index (χ0) is 11.4. The Morgan fingerprint density at radius 2 is 1.88 bits per heavy atom. The van der Waals surface area contributed by atoms with Gasteiger partial charge in [-0.15, -0.1) is 0 Å². The van der Waals surface area contributed by atoms with E-state index in [1.54, 1.807) is 0 Å². The summed E-state index contributed by atoms with van der Waals surface area (Å²) in [6, 6.07) is 8.60. The smallest absolute Gasteiger partial charge is 0.113 e. The number of hydrogen-bond donors (Lipinski definition) is 1. The predicted molar refractivity (Wildman–Crippen MR) is 67.2 cm³/mol. The van der Waals surface area contributed by atoms with Gasteiger partial charge >= 0.3 is 0 Å². The van der Waals surface area contributed by atoms with Gasteiger partial charge in [0.15, 0.2) is 0 Å². The van der Waals surface area contributed by atoms with Crippen molar-refractivity contribution in [2.75, 3.05) is 20.3 Å². The van der Waals surface area contributed by atoms with Gasteiger partial charge in [0.25, 0.3) is 0 Å². The van der Waals surface area contributed by atoms with Crippen LogP contribution in [0.2, 0.25) is 0 Å². The molecule has 16 heavy (non-hydrogen) atoms. The molecule has 1 aromatic rings. The first-order chi connectivity index (χ1) is 7.81. The summed E-state index contributed by atoms with van der Waals surface area (Å²) in [4.78, 5) is 0. The topological polar surface area (TPSA) is 21.3 Å². The maximum atomic E-state index is 5.71. The van der Waals surface area contributed by atoms with Crippen LogP contribution in [-0.2, 0) is 4.74 Å². The first-order valence-corrected chi connectivity index (χ1v) is 5.91. The van der Waals surface area contributed by atoms with Crippen LogP contribution < -0.4 is 10.8 Å². The van der Waals surface area contributed by atoms with E-state index in [4.69, 9.17) is 12.6 Å². The van der Waals surface area contributed by atoms with Crippen LogP contribution in [0.15, 0.2) is 24.3 Å². The van der Waals surface area contributed by atoms with E-state index in [1.165, 1.54) is 5.56 Å². The molecular formula is C13H18BNO. The van der Waals surface area contributed by atoms with Crippen molar-refractivity contribution in [1.29, 1.82) is 0 Å². The molecule has 0 bridgehead atoms. The molecular weight excluding hydrogens is 197 g/mol. The molecule has 0 aromatic heterocycles. The van der Waals surface area contributed by atoms with E-state index in [0.717, 1.165) is 31.5 Å². The Balaban J connectivity index is 2.11. The molecule has 0 saturated carbocycles. The molecule has 3 heteroatoms. The molecule has 1 aliphatic heterocycles. The molecule has 0 aliphatic carbocycles. The lowest BCUT2D eigenvalue weighted by atomic mass is 9.85. The molecule has 1 heterocycles. The first-order valence-electron chi connectivity index (χ1n) is 5.91. The van der Waals surface area contributed by atoms with Crippen molar-refractivity contribution in [2.45, 2.75) is 18.9 Å². The fourth-order valence-corrected chi connectivity index (χ4v) is 2.43. The summed E-state index contributed by atoms with van der Waals surface area (Å²) in [5.41, 5.74) is 2.15. The summed E-state index contributed by atoms with van der Waals surface area (Å²) >= 11 is 0. The van der Waals surface area contributed by atoms with Crippen LogP contribution in [0.1, 0.15) is 24.4 Å². The van der Waals surface area contributed by atoms with Gasteiger partial charge in [-0.1, -0.05) is 29.7 Å². The number of rotatable bonds is 3. The molecule has 1 fully saturated rings. The minimum absolute atomic E-state index is 0.421. The van der Waals surface area contributed by atoms with Crippen molar-refractivity contribution in [1.82, 2.24) is 5.32 Å². The standard InChI is InChI=1S/C13H18BNO/c1-15-13(11-6-8-16-9-7-11)10-2-4-12(14)5-3-10/h2-5,11,13,15H,6-9H2,1H3. The average molecular weight is 215 g/mol. The second-order valence-electron chi connectivity index (χ2n) is 4.38.